The molecule has 1 aliphatic rings. The van der Waals surface area contributed by atoms with Gasteiger partial charge in [-0.05, 0) is 29.8 Å². The predicted octanol–water partition coefficient (Wildman–Crippen LogP) is 3.24. The summed E-state index contributed by atoms with van der Waals surface area (Å²) in [4.78, 5) is 12.1. The molecule has 6 heteroatoms. The molecular weight excluding hydrogens is 340 g/mol. The number of nitrogens with one attached hydrogen (secondary N) is 2. The Morgan fingerprint density at radius 1 is 1.28 bits per heavy atom. The molecule has 3 rings (SSSR count). The summed E-state index contributed by atoms with van der Waals surface area (Å²) in [6, 6.07) is 15.0. The van der Waals surface area contributed by atoms with Crippen LogP contribution < -0.4 is 15.4 Å². The van der Waals surface area contributed by atoms with Crippen molar-refractivity contribution in [2.24, 2.45) is 0 Å². The number of amides is 1. The smallest absolute Gasteiger partial charge is 0.226 e. The molecule has 1 heterocycles. The fraction of sp³-hybridized carbons (Fsp3) is 0.316. The van der Waals surface area contributed by atoms with Crippen LogP contribution in [0.25, 0.3) is 0 Å². The fourth-order valence-corrected chi connectivity index (χ4v) is 2.72. The minimum absolute atomic E-state index is 0.0437. The zero-order valence-corrected chi connectivity index (χ0v) is 14.6. The Hall–Kier alpha value is -2.08. The highest BCUT2D eigenvalue weighted by atomic mass is 35.5. The average Bonchev–Trinajstić information content (AvgIpc) is 2.62. The van der Waals surface area contributed by atoms with Gasteiger partial charge in [0.05, 0.1) is 13.2 Å². The second-order valence-electron chi connectivity index (χ2n) is 5.92. The predicted molar refractivity (Wildman–Crippen MR) is 98.1 cm³/mol. The van der Waals surface area contributed by atoms with Crippen molar-refractivity contribution in [2.75, 3.05) is 25.1 Å². The van der Waals surface area contributed by atoms with Crippen LogP contribution in [0.2, 0.25) is 5.02 Å². The number of rotatable bonds is 6. The van der Waals surface area contributed by atoms with E-state index in [1.807, 2.05) is 48.5 Å². The van der Waals surface area contributed by atoms with Crippen LogP contribution in [0.15, 0.2) is 48.5 Å². The molecule has 1 amide bonds. The largest absolute Gasteiger partial charge is 0.489 e. The minimum atomic E-state index is -0.0437. The Balaban J connectivity index is 1.51. The molecule has 1 fully saturated rings. The van der Waals surface area contributed by atoms with Crippen LogP contribution in [-0.4, -0.2) is 31.7 Å². The van der Waals surface area contributed by atoms with Crippen LogP contribution >= 0.6 is 11.6 Å². The molecule has 0 aromatic heterocycles. The summed E-state index contributed by atoms with van der Waals surface area (Å²) in [6.07, 6.45) is 0.385. The molecule has 132 valence electrons. The van der Waals surface area contributed by atoms with Gasteiger partial charge in [-0.3, -0.25) is 4.79 Å². The highest BCUT2D eigenvalue weighted by Crippen LogP contribution is 2.19. The lowest BCUT2D eigenvalue weighted by molar-refractivity contribution is -0.117. The van der Waals surface area contributed by atoms with E-state index in [0.717, 1.165) is 17.8 Å². The topological polar surface area (TPSA) is 59.6 Å². The lowest BCUT2D eigenvalue weighted by atomic mass is 10.2. The molecule has 0 radical (unpaired) electrons. The number of morpholine rings is 1. The van der Waals surface area contributed by atoms with Gasteiger partial charge in [0.2, 0.25) is 5.91 Å². The summed E-state index contributed by atoms with van der Waals surface area (Å²) in [5.74, 6) is 0.657. The molecule has 0 aliphatic carbocycles. The van der Waals surface area contributed by atoms with E-state index in [4.69, 9.17) is 21.1 Å². The molecule has 25 heavy (non-hydrogen) atoms. The van der Waals surface area contributed by atoms with Crippen LogP contribution in [-0.2, 0) is 16.1 Å². The van der Waals surface area contributed by atoms with Crippen molar-refractivity contribution in [3.8, 4) is 5.75 Å². The lowest BCUT2D eigenvalue weighted by Gasteiger charge is -2.23. The maximum atomic E-state index is 12.1. The van der Waals surface area contributed by atoms with E-state index >= 15 is 0 Å². The summed E-state index contributed by atoms with van der Waals surface area (Å²) in [5.41, 5.74) is 1.75. The molecule has 1 aliphatic heterocycles. The van der Waals surface area contributed by atoms with E-state index in [2.05, 4.69) is 10.6 Å². The van der Waals surface area contributed by atoms with Gasteiger partial charge in [-0.25, -0.2) is 0 Å². The first kappa shape index (κ1) is 17.7. The van der Waals surface area contributed by atoms with Gasteiger partial charge in [0, 0.05) is 35.8 Å². The normalized spacial score (nSPS) is 17.1. The Morgan fingerprint density at radius 3 is 2.88 bits per heavy atom. The van der Waals surface area contributed by atoms with Gasteiger partial charge in [-0.15, -0.1) is 0 Å². The van der Waals surface area contributed by atoms with E-state index < -0.39 is 0 Å². The number of ether oxygens (including phenoxy) is 2. The first-order chi connectivity index (χ1) is 12.2. The Bertz CT molecular complexity index is 700. The van der Waals surface area contributed by atoms with Gasteiger partial charge >= 0.3 is 0 Å². The monoisotopic (exact) mass is 360 g/mol. The van der Waals surface area contributed by atoms with E-state index in [-0.39, 0.29) is 11.9 Å². The third-order valence-electron chi connectivity index (χ3n) is 3.87. The zero-order valence-electron chi connectivity index (χ0n) is 13.8. The summed E-state index contributed by atoms with van der Waals surface area (Å²) in [7, 11) is 0. The number of hydrogen-bond acceptors (Lipinski definition) is 4. The highest BCUT2D eigenvalue weighted by molar-refractivity contribution is 6.30. The number of halogens is 1. The van der Waals surface area contributed by atoms with E-state index in [1.165, 1.54) is 0 Å². The number of carbonyl (C=O) groups is 1. The molecule has 0 saturated carbocycles. The fourth-order valence-electron chi connectivity index (χ4n) is 2.60. The van der Waals surface area contributed by atoms with Crippen LogP contribution in [0.5, 0.6) is 5.75 Å². The number of hydrogen-bond donors (Lipinski definition) is 2. The summed E-state index contributed by atoms with van der Waals surface area (Å²) >= 11 is 5.87. The molecule has 1 saturated heterocycles. The summed E-state index contributed by atoms with van der Waals surface area (Å²) in [6.45, 7) is 2.49. The highest BCUT2D eigenvalue weighted by Gasteiger charge is 2.16. The Morgan fingerprint density at radius 2 is 2.12 bits per heavy atom. The van der Waals surface area contributed by atoms with Crippen molar-refractivity contribution >= 4 is 23.2 Å². The maximum absolute atomic E-state index is 12.1. The summed E-state index contributed by atoms with van der Waals surface area (Å²) < 4.78 is 11.1. The van der Waals surface area contributed by atoms with Gasteiger partial charge in [0.15, 0.2) is 0 Å². The quantitative estimate of drug-likeness (QED) is 0.830. The third kappa shape index (κ3) is 5.74. The van der Waals surface area contributed by atoms with Crippen molar-refractivity contribution in [2.45, 2.75) is 19.1 Å². The molecular formula is C19H21ClN2O3. The van der Waals surface area contributed by atoms with Crippen LogP contribution in [0.3, 0.4) is 0 Å². The number of carbonyl (C=O) groups excluding carboxylic acids is 1. The summed E-state index contributed by atoms with van der Waals surface area (Å²) in [5, 5.41) is 6.87. The van der Waals surface area contributed by atoms with Crippen molar-refractivity contribution in [1.29, 1.82) is 0 Å². The molecule has 2 aromatic rings. The van der Waals surface area contributed by atoms with Crippen LogP contribution in [0, 0.1) is 0 Å². The second-order valence-corrected chi connectivity index (χ2v) is 6.36. The van der Waals surface area contributed by atoms with E-state index in [1.54, 1.807) is 0 Å². The maximum Gasteiger partial charge on any atom is 0.226 e. The molecule has 0 spiro atoms. The van der Waals surface area contributed by atoms with E-state index in [9.17, 15) is 4.79 Å². The lowest BCUT2D eigenvalue weighted by Crippen LogP contribution is -2.43. The van der Waals surface area contributed by atoms with Gasteiger partial charge < -0.3 is 20.1 Å². The first-order valence-corrected chi connectivity index (χ1v) is 8.65. The van der Waals surface area contributed by atoms with Gasteiger partial charge in [-0.2, -0.15) is 0 Å². The minimum Gasteiger partial charge on any atom is -0.489 e. The molecule has 1 atom stereocenters. The Kier molecular flexibility index (Phi) is 6.28. The average molecular weight is 361 g/mol. The third-order valence-corrected chi connectivity index (χ3v) is 4.12. The zero-order chi connectivity index (χ0) is 17.5. The van der Waals surface area contributed by atoms with Gasteiger partial charge in [0.25, 0.3) is 0 Å². The molecule has 1 unspecified atom stereocenters. The molecule has 0 bridgehead atoms. The van der Waals surface area contributed by atoms with Crippen molar-refractivity contribution in [1.82, 2.24) is 5.32 Å². The van der Waals surface area contributed by atoms with Crippen LogP contribution in [0.4, 0.5) is 5.69 Å². The molecule has 2 N–H and O–H groups in total. The van der Waals surface area contributed by atoms with Gasteiger partial charge in [0.1, 0.15) is 12.4 Å². The van der Waals surface area contributed by atoms with Gasteiger partial charge in [-0.1, -0.05) is 29.8 Å². The van der Waals surface area contributed by atoms with Crippen molar-refractivity contribution in [3.63, 3.8) is 0 Å². The molecule has 2 aromatic carbocycles. The molecule has 5 nitrogen and oxygen atoms in total. The Labute approximate surface area is 152 Å². The van der Waals surface area contributed by atoms with Crippen LogP contribution in [0.1, 0.15) is 12.0 Å². The first-order valence-electron chi connectivity index (χ1n) is 8.27. The second kappa shape index (κ2) is 8.85. The number of anilines is 1. The standard InChI is InChI=1S/C19H21ClN2O3/c20-15-6-4-14(5-7-15)12-25-18-3-1-2-16(10-18)22-19(23)11-17-13-24-9-8-21-17/h1-7,10,17,21H,8-9,11-13H2,(H,22,23). The van der Waals surface area contributed by atoms with E-state index in [0.29, 0.717) is 37.0 Å². The van der Waals surface area contributed by atoms with Crippen molar-refractivity contribution in [3.05, 3.63) is 59.1 Å². The number of benzene rings is 2. The van der Waals surface area contributed by atoms with Crippen molar-refractivity contribution < 1.29 is 14.3 Å². The SMILES string of the molecule is O=C(CC1COCCN1)Nc1cccc(OCc2ccc(Cl)cc2)c1.